The van der Waals surface area contributed by atoms with E-state index >= 15 is 0 Å². The lowest BCUT2D eigenvalue weighted by Crippen LogP contribution is -2.40. The molecule has 0 aromatic rings. The van der Waals surface area contributed by atoms with Gasteiger partial charge in [0, 0.05) is 0 Å². The van der Waals surface area contributed by atoms with Crippen LogP contribution in [0, 0.1) is 0 Å². The Kier molecular flexibility index (Phi) is 3.21. The van der Waals surface area contributed by atoms with Gasteiger partial charge in [0.2, 0.25) is 0 Å². The number of carboxylic acids is 1. The molecule has 2 rings (SSSR count). The van der Waals surface area contributed by atoms with Crippen LogP contribution in [0.3, 0.4) is 0 Å². The highest BCUT2D eigenvalue weighted by atomic mass is 16.4. The molecule has 0 spiro atoms. The molecule has 0 aromatic heterocycles. The highest BCUT2D eigenvalue weighted by molar-refractivity contribution is 5.78. The molecule has 1 unspecified atom stereocenters. The molecule has 1 saturated heterocycles. The van der Waals surface area contributed by atoms with E-state index in [-0.39, 0.29) is 0 Å². The minimum absolute atomic E-state index is 0.413. The van der Waals surface area contributed by atoms with Gasteiger partial charge in [0.15, 0.2) is 0 Å². The summed E-state index contributed by atoms with van der Waals surface area (Å²) in [6.07, 6.45) is 10.4. The van der Waals surface area contributed by atoms with Crippen LogP contribution in [-0.2, 0) is 4.79 Å². The monoisotopic (exact) mass is 207 g/mol. The molecule has 1 aliphatic carbocycles. The molecule has 82 valence electrons. The summed E-state index contributed by atoms with van der Waals surface area (Å²) in [7, 11) is 0. The van der Waals surface area contributed by atoms with Gasteiger partial charge in [-0.2, -0.15) is 0 Å². The summed E-state index contributed by atoms with van der Waals surface area (Å²) in [6, 6.07) is -0.413. The van der Waals surface area contributed by atoms with Gasteiger partial charge in [0.1, 0.15) is 6.04 Å². The predicted molar refractivity (Wildman–Crippen MR) is 58.7 cm³/mol. The third-order valence-corrected chi connectivity index (χ3v) is 3.08. The van der Waals surface area contributed by atoms with Gasteiger partial charge in [-0.1, -0.05) is 18.2 Å². The van der Waals surface area contributed by atoms with E-state index in [1.165, 1.54) is 0 Å². The first kappa shape index (κ1) is 10.4. The van der Waals surface area contributed by atoms with E-state index < -0.39 is 12.0 Å². The van der Waals surface area contributed by atoms with Crippen LogP contribution in [0.1, 0.15) is 25.7 Å². The van der Waals surface area contributed by atoms with E-state index in [4.69, 9.17) is 0 Å². The molecule has 1 heterocycles. The van der Waals surface area contributed by atoms with Crippen LogP contribution in [0.25, 0.3) is 0 Å². The molecule has 0 radical (unpaired) electrons. The average Bonchev–Trinajstić information content (AvgIpc) is 2.72. The zero-order chi connectivity index (χ0) is 10.7. The van der Waals surface area contributed by atoms with E-state index in [0.29, 0.717) is 0 Å². The minimum Gasteiger partial charge on any atom is -0.480 e. The first-order chi connectivity index (χ1) is 7.29. The highest BCUT2D eigenvalue weighted by Crippen LogP contribution is 2.22. The number of rotatable bonds is 3. The zero-order valence-electron chi connectivity index (χ0n) is 8.85. The van der Waals surface area contributed by atoms with Crippen molar-refractivity contribution in [1.29, 1.82) is 0 Å². The number of likely N-dealkylation sites (tertiary alicyclic amines) is 1. The van der Waals surface area contributed by atoms with Crippen molar-refractivity contribution in [2.75, 3.05) is 13.1 Å². The molecule has 1 fully saturated rings. The van der Waals surface area contributed by atoms with Gasteiger partial charge >= 0.3 is 5.97 Å². The molecule has 1 N–H and O–H groups in total. The predicted octanol–water partition coefficient (Wildman–Crippen LogP) is 1.81. The molecule has 15 heavy (non-hydrogen) atoms. The smallest absolute Gasteiger partial charge is 0.325 e. The van der Waals surface area contributed by atoms with E-state index in [2.05, 4.69) is 17.1 Å². The first-order valence-electron chi connectivity index (χ1n) is 5.62. The van der Waals surface area contributed by atoms with Crippen molar-refractivity contribution in [2.45, 2.75) is 31.7 Å². The van der Waals surface area contributed by atoms with Crippen molar-refractivity contribution in [3.63, 3.8) is 0 Å². The number of hydrogen-bond acceptors (Lipinski definition) is 2. The Hall–Kier alpha value is -1.09. The van der Waals surface area contributed by atoms with Gasteiger partial charge in [-0.05, 0) is 44.3 Å². The Morgan fingerprint density at radius 2 is 2.07 bits per heavy atom. The van der Waals surface area contributed by atoms with E-state index in [0.717, 1.165) is 44.3 Å². The largest absolute Gasteiger partial charge is 0.480 e. The number of carbonyl (C=O) groups is 1. The van der Waals surface area contributed by atoms with Gasteiger partial charge in [-0.3, -0.25) is 9.69 Å². The fourth-order valence-corrected chi connectivity index (χ4v) is 2.35. The summed E-state index contributed by atoms with van der Waals surface area (Å²) < 4.78 is 0. The second-order valence-corrected chi connectivity index (χ2v) is 4.17. The Labute approximate surface area is 90.1 Å². The van der Waals surface area contributed by atoms with Crippen LogP contribution in [0.5, 0.6) is 0 Å². The number of hydrogen-bond donors (Lipinski definition) is 1. The molecule has 0 saturated carbocycles. The molecule has 1 aliphatic heterocycles. The summed E-state index contributed by atoms with van der Waals surface area (Å²) in [4.78, 5) is 13.3. The quantitative estimate of drug-likeness (QED) is 0.767. The Bertz CT molecular complexity index is 301. The summed E-state index contributed by atoms with van der Waals surface area (Å²) in [5, 5.41) is 9.27. The first-order valence-corrected chi connectivity index (χ1v) is 5.62. The minimum atomic E-state index is -0.713. The lowest BCUT2D eigenvalue weighted by atomic mass is 9.99. The van der Waals surface area contributed by atoms with Crippen LogP contribution in [0.2, 0.25) is 0 Å². The third kappa shape index (κ3) is 2.29. The van der Waals surface area contributed by atoms with Crippen LogP contribution >= 0.6 is 0 Å². The lowest BCUT2D eigenvalue weighted by Gasteiger charge is -2.25. The summed E-state index contributed by atoms with van der Waals surface area (Å²) in [5.41, 5.74) is 0.968. The van der Waals surface area contributed by atoms with E-state index in [1.54, 1.807) is 0 Å². The second-order valence-electron chi connectivity index (χ2n) is 4.17. The second kappa shape index (κ2) is 4.62. The Morgan fingerprint density at radius 3 is 2.60 bits per heavy atom. The van der Waals surface area contributed by atoms with Crippen LogP contribution in [0.15, 0.2) is 23.8 Å². The number of carboxylic acid groups (broad SMARTS) is 1. The van der Waals surface area contributed by atoms with Crippen LogP contribution in [0.4, 0.5) is 0 Å². The van der Waals surface area contributed by atoms with Gasteiger partial charge in [0.25, 0.3) is 0 Å². The maximum absolute atomic E-state index is 11.3. The summed E-state index contributed by atoms with van der Waals surface area (Å²) in [5.74, 6) is -0.713. The molecule has 0 aromatic carbocycles. The summed E-state index contributed by atoms with van der Waals surface area (Å²) in [6.45, 7) is 1.84. The Morgan fingerprint density at radius 1 is 1.33 bits per heavy atom. The van der Waals surface area contributed by atoms with Crippen molar-refractivity contribution in [3.8, 4) is 0 Å². The van der Waals surface area contributed by atoms with E-state index in [9.17, 15) is 9.90 Å². The van der Waals surface area contributed by atoms with Crippen molar-refractivity contribution in [2.24, 2.45) is 0 Å². The molecular weight excluding hydrogens is 190 g/mol. The number of aliphatic carboxylic acids is 1. The van der Waals surface area contributed by atoms with Crippen LogP contribution < -0.4 is 0 Å². The zero-order valence-corrected chi connectivity index (χ0v) is 8.85. The molecule has 0 amide bonds. The maximum Gasteiger partial charge on any atom is 0.325 e. The van der Waals surface area contributed by atoms with Gasteiger partial charge in [-0.15, -0.1) is 0 Å². The summed E-state index contributed by atoms with van der Waals surface area (Å²) >= 11 is 0. The maximum atomic E-state index is 11.3. The molecule has 1 atom stereocenters. The fraction of sp³-hybridized carbons (Fsp3) is 0.583. The standard InChI is InChI=1S/C12H17NO2/c14-12(15)11(13-8-4-5-9-13)10-6-2-1-3-7-10/h2,6-7,11H,1,3-5,8-9H2,(H,14,15). The highest BCUT2D eigenvalue weighted by Gasteiger charge is 2.30. The fourth-order valence-electron chi connectivity index (χ4n) is 2.35. The molecule has 2 aliphatic rings. The van der Waals surface area contributed by atoms with Gasteiger partial charge in [-0.25, -0.2) is 0 Å². The van der Waals surface area contributed by atoms with Crippen LogP contribution in [-0.4, -0.2) is 35.1 Å². The molecule has 3 nitrogen and oxygen atoms in total. The lowest BCUT2D eigenvalue weighted by molar-refractivity contribution is -0.141. The normalized spacial score (nSPS) is 23.9. The topological polar surface area (TPSA) is 40.5 Å². The number of nitrogens with zero attached hydrogens (tertiary/aromatic N) is 1. The molecular formula is C12H17NO2. The van der Waals surface area contributed by atoms with Crippen molar-refractivity contribution in [3.05, 3.63) is 23.8 Å². The van der Waals surface area contributed by atoms with Crippen molar-refractivity contribution in [1.82, 2.24) is 4.90 Å². The average molecular weight is 207 g/mol. The molecule has 0 bridgehead atoms. The Balaban J connectivity index is 2.14. The SMILES string of the molecule is O=C(O)C(C1=CCCC=C1)N1CCCC1. The van der Waals surface area contributed by atoms with Crippen molar-refractivity contribution >= 4 is 5.97 Å². The van der Waals surface area contributed by atoms with E-state index in [1.807, 2.05) is 6.08 Å². The third-order valence-electron chi connectivity index (χ3n) is 3.08. The molecule has 3 heteroatoms. The number of allylic oxidation sites excluding steroid dienone is 2. The van der Waals surface area contributed by atoms with Crippen molar-refractivity contribution < 1.29 is 9.90 Å². The van der Waals surface area contributed by atoms with Gasteiger partial charge < -0.3 is 5.11 Å². The van der Waals surface area contributed by atoms with Gasteiger partial charge in [0.05, 0.1) is 0 Å².